The summed E-state index contributed by atoms with van der Waals surface area (Å²) < 4.78 is 1.51. The van der Waals surface area contributed by atoms with E-state index in [1.807, 2.05) is 30.3 Å². The summed E-state index contributed by atoms with van der Waals surface area (Å²) in [5.41, 5.74) is 0.885. The van der Waals surface area contributed by atoms with Crippen molar-refractivity contribution in [1.82, 2.24) is 4.57 Å². The second-order valence-electron chi connectivity index (χ2n) is 3.78. The van der Waals surface area contributed by atoms with Crippen molar-refractivity contribution in [3.05, 3.63) is 60.4 Å². The quantitative estimate of drug-likeness (QED) is 0.804. The third-order valence-corrected chi connectivity index (χ3v) is 2.63. The minimum Gasteiger partial charge on any atom is -0.295 e. The van der Waals surface area contributed by atoms with Gasteiger partial charge in [0.05, 0.1) is 12.0 Å². The number of nitriles is 1. The van der Waals surface area contributed by atoms with Crippen LogP contribution in [0.2, 0.25) is 0 Å². The Hall–Kier alpha value is -2.34. The van der Waals surface area contributed by atoms with E-state index in [-0.39, 0.29) is 18.2 Å². The van der Waals surface area contributed by atoms with E-state index >= 15 is 0 Å². The molecule has 0 amide bonds. The maximum atomic E-state index is 11.9. The number of benzene rings is 1. The molecule has 1 heterocycles. The van der Waals surface area contributed by atoms with E-state index < -0.39 is 0 Å². The Morgan fingerprint density at radius 1 is 1.18 bits per heavy atom. The van der Waals surface area contributed by atoms with E-state index in [9.17, 15) is 4.79 Å². The molecule has 0 saturated heterocycles. The van der Waals surface area contributed by atoms with Gasteiger partial charge >= 0.3 is 0 Å². The zero-order valence-corrected chi connectivity index (χ0v) is 9.28. The predicted molar refractivity (Wildman–Crippen MR) is 64.5 cm³/mol. The van der Waals surface area contributed by atoms with Crippen LogP contribution in [0.4, 0.5) is 0 Å². The number of rotatable bonds is 3. The molecule has 3 nitrogen and oxygen atoms in total. The number of nitrogens with zero attached hydrogens (tertiary/aromatic N) is 2. The van der Waals surface area contributed by atoms with Gasteiger partial charge in [0.1, 0.15) is 0 Å². The van der Waals surface area contributed by atoms with Crippen molar-refractivity contribution in [3.8, 4) is 6.07 Å². The number of aromatic nitrogens is 1. The summed E-state index contributed by atoms with van der Waals surface area (Å²) in [5, 5.41) is 9.11. The average Bonchev–Trinajstić information content (AvgIpc) is 2.90. The summed E-state index contributed by atoms with van der Waals surface area (Å²) in [6.45, 7) is 0. The fourth-order valence-corrected chi connectivity index (χ4v) is 1.70. The predicted octanol–water partition coefficient (Wildman–Crippen LogP) is 2.83. The molecule has 84 valence electrons. The standard InChI is InChI=1S/C14H12N2O/c15-11-13(12-6-2-1-3-7-12)10-14(17)16-8-4-5-9-16/h1-9,13H,10H2/t13-/m1/s1. The summed E-state index contributed by atoms with van der Waals surface area (Å²) >= 11 is 0. The van der Waals surface area contributed by atoms with Crippen LogP contribution in [0, 0.1) is 11.3 Å². The summed E-state index contributed by atoms with van der Waals surface area (Å²) in [6, 6.07) is 15.2. The molecule has 0 aliphatic heterocycles. The Kier molecular flexibility index (Phi) is 3.37. The van der Waals surface area contributed by atoms with Crippen LogP contribution in [0.3, 0.4) is 0 Å². The Balaban J connectivity index is 2.12. The molecular weight excluding hydrogens is 212 g/mol. The molecule has 0 aliphatic carbocycles. The zero-order valence-electron chi connectivity index (χ0n) is 9.28. The van der Waals surface area contributed by atoms with Crippen LogP contribution in [-0.4, -0.2) is 10.5 Å². The van der Waals surface area contributed by atoms with Crippen molar-refractivity contribution >= 4 is 5.91 Å². The number of carbonyl (C=O) groups excluding carboxylic acids is 1. The molecule has 2 rings (SSSR count). The summed E-state index contributed by atoms with van der Waals surface area (Å²) in [4.78, 5) is 11.9. The van der Waals surface area contributed by atoms with E-state index in [2.05, 4.69) is 6.07 Å². The van der Waals surface area contributed by atoms with Gasteiger partial charge in [-0.3, -0.25) is 9.36 Å². The summed E-state index contributed by atoms with van der Waals surface area (Å²) in [7, 11) is 0. The SMILES string of the molecule is N#C[C@@H](CC(=O)n1cccc1)c1ccccc1. The first-order valence-corrected chi connectivity index (χ1v) is 5.42. The smallest absolute Gasteiger partial charge is 0.232 e. The molecule has 0 spiro atoms. The maximum absolute atomic E-state index is 11.9. The molecule has 0 N–H and O–H groups in total. The van der Waals surface area contributed by atoms with Crippen molar-refractivity contribution in [2.45, 2.75) is 12.3 Å². The maximum Gasteiger partial charge on any atom is 0.232 e. The molecule has 3 heteroatoms. The third kappa shape index (κ3) is 2.61. The van der Waals surface area contributed by atoms with Crippen LogP contribution >= 0.6 is 0 Å². The first-order valence-electron chi connectivity index (χ1n) is 5.42. The lowest BCUT2D eigenvalue weighted by Crippen LogP contribution is -2.12. The molecule has 17 heavy (non-hydrogen) atoms. The topological polar surface area (TPSA) is 45.8 Å². The first-order chi connectivity index (χ1) is 8.31. The summed E-state index contributed by atoms with van der Waals surface area (Å²) in [5.74, 6) is -0.448. The molecule has 0 aliphatic rings. The second-order valence-corrected chi connectivity index (χ2v) is 3.78. The Morgan fingerprint density at radius 3 is 2.41 bits per heavy atom. The van der Waals surface area contributed by atoms with Crippen LogP contribution in [0.1, 0.15) is 22.7 Å². The first kappa shape index (κ1) is 11.2. The fourth-order valence-electron chi connectivity index (χ4n) is 1.70. The van der Waals surface area contributed by atoms with Gasteiger partial charge in [-0.1, -0.05) is 30.3 Å². The highest BCUT2D eigenvalue weighted by Crippen LogP contribution is 2.19. The van der Waals surface area contributed by atoms with Crippen molar-refractivity contribution in [2.24, 2.45) is 0 Å². The molecule has 0 saturated carbocycles. The van der Waals surface area contributed by atoms with Gasteiger partial charge in [0.15, 0.2) is 0 Å². The third-order valence-electron chi connectivity index (χ3n) is 2.63. The fraction of sp³-hybridized carbons (Fsp3) is 0.143. The van der Waals surface area contributed by atoms with Gasteiger partial charge in [-0.15, -0.1) is 0 Å². The Morgan fingerprint density at radius 2 is 1.82 bits per heavy atom. The largest absolute Gasteiger partial charge is 0.295 e. The lowest BCUT2D eigenvalue weighted by molar-refractivity contribution is 0.0899. The monoisotopic (exact) mass is 224 g/mol. The van der Waals surface area contributed by atoms with Gasteiger partial charge in [0.25, 0.3) is 0 Å². The van der Waals surface area contributed by atoms with Gasteiger partial charge in [0, 0.05) is 18.8 Å². The van der Waals surface area contributed by atoms with Crippen LogP contribution in [0.15, 0.2) is 54.9 Å². The number of hydrogen-bond acceptors (Lipinski definition) is 2. The van der Waals surface area contributed by atoms with Gasteiger partial charge in [-0.25, -0.2) is 0 Å². The van der Waals surface area contributed by atoms with Crippen LogP contribution in [-0.2, 0) is 0 Å². The van der Waals surface area contributed by atoms with E-state index in [0.29, 0.717) is 0 Å². The van der Waals surface area contributed by atoms with Crippen molar-refractivity contribution in [2.75, 3.05) is 0 Å². The molecular formula is C14H12N2O. The molecule has 1 atom stereocenters. The highest BCUT2D eigenvalue weighted by Gasteiger charge is 2.15. The Labute approximate surface area is 99.9 Å². The highest BCUT2D eigenvalue weighted by molar-refractivity contribution is 5.80. The van der Waals surface area contributed by atoms with Gasteiger partial charge in [-0.2, -0.15) is 5.26 Å². The van der Waals surface area contributed by atoms with Crippen molar-refractivity contribution in [3.63, 3.8) is 0 Å². The van der Waals surface area contributed by atoms with E-state index in [1.54, 1.807) is 24.5 Å². The van der Waals surface area contributed by atoms with Crippen LogP contribution in [0.25, 0.3) is 0 Å². The lowest BCUT2D eigenvalue weighted by Gasteiger charge is -2.08. The number of hydrogen-bond donors (Lipinski definition) is 0. The van der Waals surface area contributed by atoms with E-state index in [0.717, 1.165) is 5.56 Å². The molecule has 0 radical (unpaired) electrons. The molecule has 1 aromatic heterocycles. The summed E-state index contributed by atoms with van der Waals surface area (Å²) in [6.07, 6.45) is 3.60. The zero-order chi connectivity index (χ0) is 12.1. The Bertz CT molecular complexity index is 523. The van der Waals surface area contributed by atoms with E-state index in [4.69, 9.17) is 5.26 Å². The van der Waals surface area contributed by atoms with Crippen molar-refractivity contribution < 1.29 is 4.79 Å². The molecule has 2 aromatic rings. The minimum atomic E-state index is -0.383. The van der Waals surface area contributed by atoms with Crippen LogP contribution in [0.5, 0.6) is 0 Å². The van der Waals surface area contributed by atoms with Crippen molar-refractivity contribution in [1.29, 1.82) is 5.26 Å². The highest BCUT2D eigenvalue weighted by atomic mass is 16.1. The molecule has 1 aromatic carbocycles. The second kappa shape index (κ2) is 5.13. The van der Waals surface area contributed by atoms with Gasteiger partial charge in [-0.05, 0) is 17.7 Å². The average molecular weight is 224 g/mol. The van der Waals surface area contributed by atoms with Gasteiger partial charge < -0.3 is 0 Å². The van der Waals surface area contributed by atoms with E-state index in [1.165, 1.54) is 4.57 Å². The number of carbonyl (C=O) groups is 1. The molecule has 0 fully saturated rings. The minimum absolute atomic E-state index is 0.0644. The van der Waals surface area contributed by atoms with Crippen LogP contribution < -0.4 is 0 Å². The molecule has 0 unspecified atom stereocenters. The normalized spacial score (nSPS) is 11.7. The van der Waals surface area contributed by atoms with Gasteiger partial charge in [0.2, 0.25) is 5.91 Å². The molecule has 0 bridgehead atoms. The lowest BCUT2D eigenvalue weighted by atomic mass is 9.97.